The predicted molar refractivity (Wildman–Crippen MR) is 105 cm³/mol. The molecule has 5 nitrogen and oxygen atoms in total. The highest BCUT2D eigenvalue weighted by Gasteiger charge is 2.39. The summed E-state index contributed by atoms with van der Waals surface area (Å²) in [5, 5.41) is 0. The largest absolute Gasteiger partial charge is 0.465 e. The summed E-state index contributed by atoms with van der Waals surface area (Å²) >= 11 is 0. The Morgan fingerprint density at radius 2 is 1.70 bits per heavy atom. The number of carbonyl (C=O) groups is 2. The zero-order valence-electron chi connectivity index (χ0n) is 16.4. The van der Waals surface area contributed by atoms with Gasteiger partial charge in [0.15, 0.2) is 0 Å². The Labute approximate surface area is 162 Å². The molecule has 0 radical (unpaired) electrons. The van der Waals surface area contributed by atoms with Crippen molar-refractivity contribution in [3.05, 3.63) is 35.9 Å². The van der Waals surface area contributed by atoms with E-state index in [1.807, 2.05) is 17.9 Å². The first-order valence-electron chi connectivity index (χ1n) is 10.4. The van der Waals surface area contributed by atoms with Gasteiger partial charge in [-0.1, -0.05) is 49.6 Å². The van der Waals surface area contributed by atoms with Crippen molar-refractivity contribution in [3.8, 4) is 0 Å². The molecule has 0 unspecified atom stereocenters. The second-order valence-corrected chi connectivity index (χ2v) is 7.71. The molecule has 27 heavy (non-hydrogen) atoms. The van der Waals surface area contributed by atoms with Crippen LogP contribution < -0.4 is 0 Å². The second-order valence-electron chi connectivity index (χ2n) is 7.71. The Morgan fingerprint density at radius 3 is 2.33 bits per heavy atom. The zero-order valence-corrected chi connectivity index (χ0v) is 16.4. The molecule has 0 bridgehead atoms. The molecule has 1 saturated carbocycles. The summed E-state index contributed by atoms with van der Waals surface area (Å²) in [6.45, 7) is 6.12. The van der Waals surface area contributed by atoms with E-state index in [1.54, 1.807) is 0 Å². The molecule has 0 N–H and O–H groups in total. The van der Waals surface area contributed by atoms with E-state index < -0.39 is 5.92 Å². The highest BCUT2D eigenvalue weighted by atomic mass is 16.5. The number of nitrogens with zero attached hydrogens (tertiary/aromatic N) is 2. The summed E-state index contributed by atoms with van der Waals surface area (Å²) in [6.07, 6.45) is 5.35. The molecule has 2 fully saturated rings. The van der Waals surface area contributed by atoms with Crippen LogP contribution in [0.2, 0.25) is 0 Å². The molecular formula is C22H32N2O3. The van der Waals surface area contributed by atoms with Gasteiger partial charge in [0.2, 0.25) is 5.91 Å². The lowest BCUT2D eigenvalue weighted by molar-refractivity contribution is -0.159. The summed E-state index contributed by atoms with van der Waals surface area (Å²) in [5.41, 5.74) is 1.30. The maximum Gasteiger partial charge on any atom is 0.318 e. The minimum absolute atomic E-state index is 0.0142. The van der Waals surface area contributed by atoms with Gasteiger partial charge in [0, 0.05) is 32.7 Å². The van der Waals surface area contributed by atoms with Crippen LogP contribution >= 0.6 is 0 Å². The van der Waals surface area contributed by atoms with Crippen molar-refractivity contribution in [1.29, 1.82) is 0 Å². The standard InChI is InChI=1S/C22H32N2O3/c1-2-27-22(26)20(19-11-7-4-8-12-19)21(25)24-15-13-23(14-16-24)17-18-9-5-3-6-10-18/h3,5-6,9-10,19-20H,2,4,7-8,11-17H2,1H3/t20-/m1/s1. The third kappa shape index (κ3) is 5.32. The molecule has 1 aromatic carbocycles. The summed E-state index contributed by atoms with van der Waals surface area (Å²) in [7, 11) is 0. The lowest BCUT2D eigenvalue weighted by Gasteiger charge is -2.38. The Balaban J connectivity index is 1.58. The van der Waals surface area contributed by atoms with Gasteiger partial charge in [0.1, 0.15) is 5.92 Å². The molecule has 1 aromatic rings. The highest BCUT2D eigenvalue weighted by Crippen LogP contribution is 2.32. The van der Waals surface area contributed by atoms with E-state index in [4.69, 9.17) is 4.74 Å². The smallest absolute Gasteiger partial charge is 0.318 e. The topological polar surface area (TPSA) is 49.9 Å². The lowest BCUT2D eigenvalue weighted by atomic mass is 9.79. The van der Waals surface area contributed by atoms with Gasteiger partial charge in [0.25, 0.3) is 0 Å². The maximum atomic E-state index is 13.2. The van der Waals surface area contributed by atoms with Gasteiger partial charge in [-0.25, -0.2) is 0 Å². The third-order valence-electron chi connectivity index (χ3n) is 5.86. The van der Waals surface area contributed by atoms with Gasteiger partial charge in [-0.3, -0.25) is 14.5 Å². The van der Waals surface area contributed by atoms with Crippen molar-refractivity contribution >= 4 is 11.9 Å². The van der Waals surface area contributed by atoms with Crippen molar-refractivity contribution in [2.24, 2.45) is 11.8 Å². The van der Waals surface area contributed by atoms with Crippen LogP contribution in [0.3, 0.4) is 0 Å². The maximum absolute atomic E-state index is 13.2. The minimum Gasteiger partial charge on any atom is -0.465 e. The van der Waals surface area contributed by atoms with E-state index in [0.717, 1.165) is 45.3 Å². The van der Waals surface area contributed by atoms with Crippen LogP contribution in [0.4, 0.5) is 0 Å². The Hall–Kier alpha value is -1.88. The van der Waals surface area contributed by atoms with Gasteiger partial charge < -0.3 is 9.64 Å². The summed E-state index contributed by atoms with van der Waals surface area (Å²) in [6, 6.07) is 10.4. The van der Waals surface area contributed by atoms with E-state index in [0.29, 0.717) is 19.7 Å². The summed E-state index contributed by atoms with van der Waals surface area (Å²) in [5.74, 6) is -0.792. The van der Waals surface area contributed by atoms with Crippen molar-refractivity contribution in [3.63, 3.8) is 0 Å². The van der Waals surface area contributed by atoms with Gasteiger partial charge in [-0.15, -0.1) is 0 Å². The molecule has 1 heterocycles. The molecule has 1 saturated heterocycles. The molecule has 3 rings (SSSR count). The summed E-state index contributed by atoms with van der Waals surface area (Å²) in [4.78, 5) is 30.0. The molecule has 1 atom stereocenters. The highest BCUT2D eigenvalue weighted by molar-refractivity contribution is 5.98. The Bertz CT molecular complexity index is 605. The zero-order chi connectivity index (χ0) is 19.1. The number of ether oxygens (including phenoxy) is 1. The van der Waals surface area contributed by atoms with Crippen LogP contribution in [0.25, 0.3) is 0 Å². The first kappa shape index (κ1) is 19.9. The van der Waals surface area contributed by atoms with Gasteiger partial charge in [-0.2, -0.15) is 0 Å². The van der Waals surface area contributed by atoms with Gasteiger partial charge in [-0.05, 0) is 31.2 Å². The number of amides is 1. The van der Waals surface area contributed by atoms with E-state index in [1.165, 1.54) is 12.0 Å². The number of piperazine rings is 1. The van der Waals surface area contributed by atoms with Gasteiger partial charge in [0.05, 0.1) is 6.61 Å². The Kier molecular flexibility index (Phi) is 7.27. The fraction of sp³-hybridized carbons (Fsp3) is 0.636. The van der Waals surface area contributed by atoms with Crippen LogP contribution in [-0.4, -0.2) is 54.5 Å². The molecule has 148 valence electrons. The molecule has 1 aliphatic carbocycles. The van der Waals surface area contributed by atoms with Crippen LogP contribution in [0.15, 0.2) is 30.3 Å². The molecule has 0 aromatic heterocycles. The number of hydrogen-bond donors (Lipinski definition) is 0. The SMILES string of the molecule is CCOC(=O)[C@@H](C(=O)N1CCN(Cc2ccccc2)CC1)C1CCCCC1. The fourth-order valence-corrected chi connectivity index (χ4v) is 4.36. The van der Waals surface area contributed by atoms with E-state index in [2.05, 4.69) is 29.2 Å². The van der Waals surface area contributed by atoms with E-state index >= 15 is 0 Å². The number of hydrogen-bond acceptors (Lipinski definition) is 4. The first-order valence-corrected chi connectivity index (χ1v) is 10.4. The van der Waals surface area contributed by atoms with Crippen LogP contribution in [-0.2, 0) is 20.9 Å². The summed E-state index contributed by atoms with van der Waals surface area (Å²) < 4.78 is 5.27. The van der Waals surface area contributed by atoms with Crippen molar-refractivity contribution in [1.82, 2.24) is 9.80 Å². The lowest BCUT2D eigenvalue weighted by Crippen LogP contribution is -2.52. The molecule has 1 aliphatic heterocycles. The quantitative estimate of drug-likeness (QED) is 0.569. The second kappa shape index (κ2) is 9.88. The van der Waals surface area contributed by atoms with E-state index in [9.17, 15) is 9.59 Å². The molecular weight excluding hydrogens is 340 g/mol. The predicted octanol–water partition coefficient (Wildman–Crippen LogP) is 3.09. The number of carbonyl (C=O) groups excluding carboxylic acids is 2. The average molecular weight is 373 g/mol. The molecule has 5 heteroatoms. The number of esters is 1. The molecule has 0 spiro atoms. The fourth-order valence-electron chi connectivity index (χ4n) is 4.36. The van der Waals surface area contributed by atoms with Gasteiger partial charge >= 0.3 is 5.97 Å². The normalized spacial score (nSPS) is 20.3. The third-order valence-corrected chi connectivity index (χ3v) is 5.86. The van der Waals surface area contributed by atoms with Crippen molar-refractivity contribution < 1.29 is 14.3 Å². The van der Waals surface area contributed by atoms with Crippen LogP contribution in [0.5, 0.6) is 0 Å². The monoisotopic (exact) mass is 372 g/mol. The number of rotatable bonds is 6. The first-order chi connectivity index (χ1) is 13.2. The Morgan fingerprint density at radius 1 is 1.04 bits per heavy atom. The molecule has 2 aliphatic rings. The average Bonchev–Trinajstić information content (AvgIpc) is 2.70. The van der Waals surface area contributed by atoms with Crippen LogP contribution in [0, 0.1) is 11.8 Å². The van der Waals surface area contributed by atoms with Crippen molar-refractivity contribution in [2.45, 2.75) is 45.6 Å². The van der Waals surface area contributed by atoms with Crippen LogP contribution in [0.1, 0.15) is 44.6 Å². The molecule has 1 amide bonds. The van der Waals surface area contributed by atoms with Crippen molar-refractivity contribution in [2.75, 3.05) is 32.8 Å². The number of benzene rings is 1. The minimum atomic E-state index is -0.606. The van der Waals surface area contributed by atoms with E-state index in [-0.39, 0.29) is 17.8 Å².